The van der Waals surface area contributed by atoms with Gasteiger partial charge in [-0.2, -0.15) is 0 Å². The zero-order valence-electron chi connectivity index (χ0n) is 14.5. The normalized spacial score (nSPS) is 30.9. The molecule has 0 aromatic heterocycles. The summed E-state index contributed by atoms with van der Waals surface area (Å²) in [4.78, 5) is 11.1. The molecule has 4 atom stereocenters. The van der Waals surface area contributed by atoms with E-state index in [4.69, 9.17) is 4.74 Å². The van der Waals surface area contributed by atoms with Crippen molar-refractivity contribution in [2.24, 2.45) is 5.92 Å². The average Bonchev–Trinajstić information content (AvgIpc) is 3.17. The van der Waals surface area contributed by atoms with Gasteiger partial charge in [0.25, 0.3) is 0 Å². The Kier molecular flexibility index (Phi) is 5.54. The number of esters is 1. The lowest BCUT2D eigenvalue weighted by atomic mass is 9.71. The molecule has 1 aromatic rings. The summed E-state index contributed by atoms with van der Waals surface area (Å²) in [5.41, 5.74) is 0.797. The SMILES string of the molecule is COC(=O)CCCC=CC[C@H]1[C@H](O)[C@H]2C[C@]1(c1ccc(F)cc1)CO2. The van der Waals surface area contributed by atoms with E-state index in [0.29, 0.717) is 13.0 Å². The third kappa shape index (κ3) is 3.62. The molecule has 136 valence electrons. The van der Waals surface area contributed by atoms with E-state index in [1.165, 1.54) is 19.2 Å². The highest BCUT2D eigenvalue weighted by Gasteiger charge is 2.58. The summed E-state index contributed by atoms with van der Waals surface area (Å²) in [7, 11) is 1.39. The van der Waals surface area contributed by atoms with Crippen molar-refractivity contribution < 1.29 is 23.8 Å². The van der Waals surface area contributed by atoms with Crippen LogP contribution in [0, 0.1) is 11.7 Å². The van der Waals surface area contributed by atoms with Gasteiger partial charge in [-0.3, -0.25) is 4.79 Å². The van der Waals surface area contributed by atoms with Gasteiger partial charge in [0.05, 0.1) is 25.9 Å². The lowest BCUT2D eigenvalue weighted by Crippen LogP contribution is -2.42. The van der Waals surface area contributed by atoms with Crippen LogP contribution in [0.4, 0.5) is 4.39 Å². The Morgan fingerprint density at radius 2 is 2.16 bits per heavy atom. The molecule has 1 aromatic carbocycles. The molecule has 1 saturated carbocycles. The van der Waals surface area contributed by atoms with Crippen LogP contribution < -0.4 is 0 Å². The van der Waals surface area contributed by atoms with Crippen LogP contribution in [0.2, 0.25) is 0 Å². The number of rotatable bonds is 7. The van der Waals surface area contributed by atoms with Gasteiger partial charge in [0.15, 0.2) is 0 Å². The minimum atomic E-state index is -0.501. The van der Waals surface area contributed by atoms with Crippen LogP contribution in [-0.4, -0.2) is 37.0 Å². The molecular weight excluding hydrogens is 323 g/mol. The lowest BCUT2D eigenvalue weighted by molar-refractivity contribution is -0.140. The van der Waals surface area contributed by atoms with Gasteiger partial charge in [-0.25, -0.2) is 4.39 Å². The van der Waals surface area contributed by atoms with Crippen molar-refractivity contribution in [3.63, 3.8) is 0 Å². The van der Waals surface area contributed by atoms with Gasteiger partial charge in [0, 0.05) is 17.8 Å². The molecule has 5 heteroatoms. The molecule has 2 aliphatic rings. The number of ether oxygens (including phenoxy) is 2. The van der Waals surface area contributed by atoms with Crippen LogP contribution in [0.5, 0.6) is 0 Å². The number of allylic oxidation sites excluding steroid dienone is 2. The molecule has 0 unspecified atom stereocenters. The van der Waals surface area contributed by atoms with Gasteiger partial charge in [-0.05, 0) is 43.4 Å². The standard InChI is InChI=1S/C20H25FO4/c1-24-18(22)7-5-3-2-4-6-16-19(23)17-12-20(16,13-25-17)14-8-10-15(21)11-9-14/h2,4,8-11,16-17,19,23H,3,5-7,12-13H2,1H3/t16-,17+,19-,20+/m0/s1. The highest BCUT2D eigenvalue weighted by Crippen LogP contribution is 2.53. The van der Waals surface area contributed by atoms with Crippen molar-refractivity contribution in [3.8, 4) is 0 Å². The van der Waals surface area contributed by atoms with Crippen LogP contribution in [0.3, 0.4) is 0 Å². The van der Waals surface area contributed by atoms with E-state index in [1.54, 1.807) is 0 Å². The van der Waals surface area contributed by atoms with Crippen LogP contribution >= 0.6 is 0 Å². The predicted molar refractivity (Wildman–Crippen MR) is 91.6 cm³/mol. The summed E-state index contributed by atoms with van der Waals surface area (Å²) in [6, 6.07) is 6.57. The second-order valence-electron chi connectivity index (χ2n) is 6.99. The van der Waals surface area contributed by atoms with E-state index in [-0.39, 0.29) is 29.2 Å². The molecule has 3 rings (SSSR count). The first-order chi connectivity index (χ1) is 12.1. The number of unbranched alkanes of at least 4 members (excludes halogenated alkanes) is 1. The van der Waals surface area contributed by atoms with Crippen LogP contribution in [0.1, 0.15) is 37.7 Å². The predicted octanol–water partition coefficient (Wildman–Crippen LogP) is 3.13. The smallest absolute Gasteiger partial charge is 0.305 e. The van der Waals surface area contributed by atoms with Crippen LogP contribution in [0.25, 0.3) is 0 Å². The van der Waals surface area contributed by atoms with E-state index in [2.05, 4.69) is 16.9 Å². The highest BCUT2D eigenvalue weighted by atomic mass is 19.1. The molecule has 1 saturated heterocycles. The monoisotopic (exact) mass is 348 g/mol. The summed E-state index contributed by atoms with van der Waals surface area (Å²) in [5.74, 6) is -0.380. The second-order valence-corrected chi connectivity index (χ2v) is 6.99. The first-order valence-electron chi connectivity index (χ1n) is 8.84. The number of halogens is 1. The first-order valence-corrected chi connectivity index (χ1v) is 8.84. The molecule has 1 N–H and O–H groups in total. The molecular formula is C20H25FO4. The quantitative estimate of drug-likeness (QED) is 0.467. The van der Waals surface area contributed by atoms with E-state index >= 15 is 0 Å². The minimum Gasteiger partial charge on any atom is -0.469 e. The Labute approximate surface area is 147 Å². The summed E-state index contributed by atoms with van der Waals surface area (Å²) in [6.45, 7) is 0.571. The van der Waals surface area contributed by atoms with Gasteiger partial charge >= 0.3 is 5.97 Å². The zero-order chi connectivity index (χ0) is 17.9. The molecule has 1 heterocycles. The number of hydrogen-bond acceptors (Lipinski definition) is 4. The van der Waals surface area contributed by atoms with E-state index in [0.717, 1.165) is 31.2 Å². The highest BCUT2D eigenvalue weighted by molar-refractivity contribution is 5.69. The number of methoxy groups -OCH3 is 1. The van der Waals surface area contributed by atoms with Crippen molar-refractivity contribution in [2.45, 2.75) is 49.7 Å². The van der Waals surface area contributed by atoms with Gasteiger partial charge in [0.1, 0.15) is 5.82 Å². The Bertz CT molecular complexity index is 627. The zero-order valence-corrected chi connectivity index (χ0v) is 14.5. The molecule has 1 aliphatic carbocycles. The van der Waals surface area contributed by atoms with Crippen molar-refractivity contribution in [1.29, 1.82) is 0 Å². The number of carbonyl (C=O) groups is 1. The lowest BCUT2D eigenvalue weighted by Gasteiger charge is -2.37. The number of benzene rings is 1. The molecule has 2 bridgehead atoms. The summed E-state index contributed by atoms with van der Waals surface area (Å²) in [6.07, 6.45) is 7.01. The molecule has 25 heavy (non-hydrogen) atoms. The van der Waals surface area contributed by atoms with Crippen molar-refractivity contribution in [1.82, 2.24) is 0 Å². The second kappa shape index (κ2) is 7.67. The number of carbonyl (C=O) groups excluding carboxylic acids is 1. The largest absolute Gasteiger partial charge is 0.469 e. The van der Waals surface area contributed by atoms with Gasteiger partial charge in [-0.1, -0.05) is 24.3 Å². The van der Waals surface area contributed by atoms with E-state index < -0.39 is 6.10 Å². The van der Waals surface area contributed by atoms with Crippen molar-refractivity contribution >= 4 is 5.97 Å². The molecule has 0 radical (unpaired) electrons. The third-order valence-corrected chi connectivity index (χ3v) is 5.58. The molecule has 4 nitrogen and oxygen atoms in total. The van der Waals surface area contributed by atoms with Crippen LogP contribution in [-0.2, 0) is 19.7 Å². The number of aliphatic hydroxyl groups excluding tert-OH is 1. The van der Waals surface area contributed by atoms with Gasteiger partial charge in [0.2, 0.25) is 0 Å². The maximum atomic E-state index is 13.3. The average molecular weight is 348 g/mol. The fourth-order valence-electron chi connectivity index (χ4n) is 4.19. The van der Waals surface area contributed by atoms with Gasteiger partial charge < -0.3 is 14.6 Å². The summed E-state index contributed by atoms with van der Waals surface area (Å²) in [5, 5.41) is 10.6. The number of hydrogen-bond donors (Lipinski definition) is 1. The Morgan fingerprint density at radius 1 is 1.40 bits per heavy atom. The summed E-state index contributed by atoms with van der Waals surface area (Å²) < 4.78 is 23.6. The van der Waals surface area contributed by atoms with E-state index in [1.807, 2.05) is 12.1 Å². The fraction of sp³-hybridized carbons (Fsp3) is 0.550. The topological polar surface area (TPSA) is 55.8 Å². The van der Waals surface area contributed by atoms with Crippen molar-refractivity contribution in [3.05, 3.63) is 47.8 Å². The molecule has 0 amide bonds. The number of fused-ring (bicyclic) bond motifs is 2. The first kappa shape index (κ1) is 18.1. The Hall–Kier alpha value is -1.72. The number of aliphatic hydroxyl groups is 1. The minimum absolute atomic E-state index is 0.0635. The van der Waals surface area contributed by atoms with Crippen LogP contribution in [0.15, 0.2) is 36.4 Å². The molecule has 1 aliphatic heterocycles. The fourth-order valence-corrected chi connectivity index (χ4v) is 4.19. The third-order valence-electron chi connectivity index (χ3n) is 5.58. The van der Waals surface area contributed by atoms with Gasteiger partial charge in [-0.15, -0.1) is 0 Å². The van der Waals surface area contributed by atoms with Crippen molar-refractivity contribution in [2.75, 3.05) is 13.7 Å². The van der Waals surface area contributed by atoms with E-state index in [9.17, 15) is 14.3 Å². The maximum absolute atomic E-state index is 13.3. The molecule has 2 fully saturated rings. The Morgan fingerprint density at radius 3 is 2.88 bits per heavy atom. The maximum Gasteiger partial charge on any atom is 0.305 e. The Balaban J connectivity index is 1.63. The summed E-state index contributed by atoms with van der Waals surface area (Å²) >= 11 is 0. The molecule has 0 spiro atoms.